The molecule has 6 nitrogen and oxygen atoms in total. The first kappa shape index (κ1) is 15.3. The third kappa shape index (κ3) is 3.45. The zero-order chi connectivity index (χ0) is 16.2. The summed E-state index contributed by atoms with van der Waals surface area (Å²) in [6.45, 7) is 1.71. The Morgan fingerprint density at radius 2 is 1.91 bits per heavy atom. The lowest BCUT2D eigenvalue weighted by atomic mass is 9.99. The van der Waals surface area contributed by atoms with Crippen LogP contribution in [0.15, 0.2) is 30.3 Å². The summed E-state index contributed by atoms with van der Waals surface area (Å²) in [7, 11) is 0. The number of nitriles is 1. The van der Waals surface area contributed by atoms with Gasteiger partial charge in [-0.2, -0.15) is 5.26 Å². The first-order chi connectivity index (χ1) is 11.2. The fourth-order valence-electron chi connectivity index (χ4n) is 3.14. The van der Waals surface area contributed by atoms with Crippen LogP contribution in [0.2, 0.25) is 0 Å². The molecule has 1 unspecified atom stereocenters. The van der Waals surface area contributed by atoms with Crippen LogP contribution in [0.5, 0.6) is 0 Å². The summed E-state index contributed by atoms with van der Waals surface area (Å²) in [6, 6.07) is 11.5. The third-order valence-electron chi connectivity index (χ3n) is 4.49. The average Bonchev–Trinajstić information content (AvgIpc) is 2.96. The first-order valence-electron chi connectivity index (χ1n) is 7.98. The topological polar surface area (TPSA) is 76.4 Å². The van der Waals surface area contributed by atoms with Crippen molar-refractivity contribution in [3.63, 3.8) is 0 Å². The van der Waals surface area contributed by atoms with Crippen molar-refractivity contribution in [2.75, 3.05) is 24.5 Å². The Hall–Kier alpha value is -2.55. The molecule has 6 heteroatoms. The van der Waals surface area contributed by atoms with Crippen LogP contribution in [0.3, 0.4) is 0 Å². The summed E-state index contributed by atoms with van der Waals surface area (Å²) in [5.74, 6) is 0.0883. The lowest BCUT2D eigenvalue weighted by Crippen LogP contribution is -2.48. The molecular weight excluding hydrogens is 292 g/mol. The minimum atomic E-state index is -0.163. The van der Waals surface area contributed by atoms with Crippen LogP contribution in [0, 0.1) is 17.2 Å². The number of likely N-dealkylation sites (tertiary alicyclic amines) is 1. The van der Waals surface area contributed by atoms with Gasteiger partial charge in [-0.1, -0.05) is 18.2 Å². The van der Waals surface area contributed by atoms with Gasteiger partial charge >= 0.3 is 6.03 Å². The maximum Gasteiger partial charge on any atom is 0.317 e. The SMILES string of the molecule is N#CC1CCN(C(=O)NC2CC(=O)N(c3ccccc3)C2)CC1. The smallest absolute Gasteiger partial charge is 0.317 e. The number of nitrogens with zero attached hydrogens (tertiary/aromatic N) is 3. The van der Waals surface area contributed by atoms with Gasteiger partial charge in [-0.25, -0.2) is 4.79 Å². The monoisotopic (exact) mass is 312 g/mol. The van der Waals surface area contributed by atoms with Crippen molar-refractivity contribution in [2.24, 2.45) is 5.92 Å². The molecular formula is C17H20N4O2. The highest BCUT2D eigenvalue weighted by atomic mass is 16.2. The lowest BCUT2D eigenvalue weighted by Gasteiger charge is -2.30. The molecule has 2 heterocycles. The lowest BCUT2D eigenvalue weighted by molar-refractivity contribution is -0.117. The molecule has 0 saturated carbocycles. The Kier molecular flexibility index (Phi) is 4.47. The van der Waals surface area contributed by atoms with E-state index in [1.165, 1.54) is 0 Å². The van der Waals surface area contributed by atoms with Crippen molar-refractivity contribution in [3.05, 3.63) is 30.3 Å². The summed E-state index contributed by atoms with van der Waals surface area (Å²) in [6.07, 6.45) is 1.78. The van der Waals surface area contributed by atoms with Crippen LogP contribution in [0.1, 0.15) is 19.3 Å². The number of para-hydroxylation sites is 1. The Morgan fingerprint density at radius 3 is 2.57 bits per heavy atom. The minimum Gasteiger partial charge on any atom is -0.333 e. The van der Waals surface area contributed by atoms with E-state index in [1.807, 2.05) is 30.3 Å². The number of hydrogen-bond acceptors (Lipinski definition) is 3. The van der Waals surface area contributed by atoms with Gasteiger partial charge in [0.25, 0.3) is 0 Å². The zero-order valence-corrected chi connectivity index (χ0v) is 12.9. The number of carbonyl (C=O) groups is 2. The molecule has 0 bridgehead atoms. The maximum absolute atomic E-state index is 12.3. The van der Waals surface area contributed by atoms with Crippen LogP contribution < -0.4 is 10.2 Å². The van der Waals surface area contributed by atoms with Gasteiger partial charge in [0.1, 0.15) is 0 Å². The molecule has 0 aromatic heterocycles. The van der Waals surface area contributed by atoms with Gasteiger partial charge in [0.2, 0.25) is 5.91 Å². The largest absolute Gasteiger partial charge is 0.333 e. The number of carbonyl (C=O) groups excluding carboxylic acids is 2. The van der Waals surface area contributed by atoms with E-state index in [0.717, 1.165) is 18.5 Å². The number of piperidine rings is 1. The van der Waals surface area contributed by atoms with E-state index in [2.05, 4.69) is 11.4 Å². The van der Waals surface area contributed by atoms with E-state index in [4.69, 9.17) is 5.26 Å². The fourth-order valence-corrected chi connectivity index (χ4v) is 3.14. The summed E-state index contributed by atoms with van der Waals surface area (Å²) >= 11 is 0. The fraction of sp³-hybridized carbons (Fsp3) is 0.471. The van der Waals surface area contributed by atoms with E-state index in [1.54, 1.807) is 9.80 Å². The number of hydrogen-bond donors (Lipinski definition) is 1. The van der Waals surface area contributed by atoms with Crippen LogP contribution in [-0.2, 0) is 4.79 Å². The summed E-state index contributed by atoms with van der Waals surface area (Å²) in [4.78, 5) is 27.9. The highest BCUT2D eigenvalue weighted by Gasteiger charge is 2.33. The molecule has 1 atom stereocenters. The van der Waals surface area contributed by atoms with Crippen molar-refractivity contribution in [1.29, 1.82) is 5.26 Å². The predicted octanol–water partition coefficient (Wildman–Crippen LogP) is 1.74. The molecule has 23 heavy (non-hydrogen) atoms. The molecule has 1 aromatic rings. The van der Waals surface area contributed by atoms with Gasteiger partial charge in [-0.05, 0) is 25.0 Å². The summed E-state index contributed by atoms with van der Waals surface area (Å²) in [5, 5.41) is 11.9. The second-order valence-corrected chi connectivity index (χ2v) is 6.08. The highest BCUT2D eigenvalue weighted by molar-refractivity contribution is 5.96. The standard InChI is InChI=1S/C17H20N4O2/c18-11-13-6-8-20(9-7-13)17(23)19-14-10-16(22)21(12-14)15-4-2-1-3-5-15/h1-5,13-14H,6-10,12H2,(H,19,23). The van der Waals surface area contributed by atoms with Crippen molar-refractivity contribution >= 4 is 17.6 Å². The van der Waals surface area contributed by atoms with Crippen molar-refractivity contribution < 1.29 is 9.59 Å². The van der Waals surface area contributed by atoms with E-state index < -0.39 is 0 Å². The van der Waals surface area contributed by atoms with Gasteiger partial charge in [0.15, 0.2) is 0 Å². The minimum absolute atomic E-state index is 0.0321. The molecule has 0 radical (unpaired) electrons. The van der Waals surface area contributed by atoms with Gasteiger partial charge in [0, 0.05) is 37.7 Å². The van der Waals surface area contributed by atoms with E-state index in [9.17, 15) is 9.59 Å². The number of anilines is 1. The molecule has 1 N–H and O–H groups in total. The van der Waals surface area contributed by atoms with Crippen LogP contribution >= 0.6 is 0 Å². The Labute approximate surface area is 135 Å². The number of nitrogens with one attached hydrogen (secondary N) is 1. The Bertz CT molecular complexity index is 617. The van der Waals surface area contributed by atoms with Gasteiger partial charge < -0.3 is 15.1 Å². The molecule has 3 rings (SSSR count). The highest BCUT2D eigenvalue weighted by Crippen LogP contribution is 2.21. The van der Waals surface area contributed by atoms with Crippen LogP contribution in [0.25, 0.3) is 0 Å². The van der Waals surface area contributed by atoms with E-state index in [-0.39, 0.29) is 23.9 Å². The zero-order valence-electron chi connectivity index (χ0n) is 12.9. The molecule has 0 aliphatic carbocycles. The second-order valence-electron chi connectivity index (χ2n) is 6.08. The quantitative estimate of drug-likeness (QED) is 0.903. The summed E-state index contributed by atoms with van der Waals surface area (Å²) < 4.78 is 0. The van der Waals surface area contributed by atoms with Gasteiger partial charge in [-0.3, -0.25) is 4.79 Å². The molecule has 2 aliphatic rings. The molecule has 0 spiro atoms. The average molecular weight is 312 g/mol. The molecule has 2 aliphatic heterocycles. The van der Waals surface area contributed by atoms with E-state index >= 15 is 0 Å². The molecule has 1 aromatic carbocycles. The van der Waals surface area contributed by atoms with Gasteiger partial charge in [-0.15, -0.1) is 0 Å². The predicted molar refractivity (Wildman–Crippen MR) is 85.6 cm³/mol. The van der Waals surface area contributed by atoms with E-state index in [0.29, 0.717) is 26.1 Å². The summed E-state index contributed by atoms with van der Waals surface area (Å²) in [5.41, 5.74) is 0.865. The molecule has 120 valence electrons. The molecule has 2 fully saturated rings. The second kappa shape index (κ2) is 6.69. The number of urea groups is 1. The molecule has 3 amide bonds. The van der Waals surface area contributed by atoms with Crippen molar-refractivity contribution in [2.45, 2.75) is 25.3 Å². The van der Waals surface area contributed by atoms with Crippen molar-refractivity contribution in [1.82, 2.24) is 10.2 Å². The number of rotatable bonds is 2. The number of amides is 3. The first-order valence-corrected chi connectivity index (χ1v) is 7.98. The number of benzene rings is 1. The third-order valence-corrected chi connectivity index (χ3v) is 4.49. The van der Waals surface area contributed by atoms with Gasteiger partial charge in [0.05, 0.1) is 12.1 Å². The normalized spacial score (nSPS) is 22.0. The maximum atomic E-state index is 12.3. The van der Waals surface area contributed by atoms with Crippen LogP contribution in [-0.4, -0.2) is 42.5 Å². The molecule has 2 saturated heterocycles. The van der Waals surface area contributed by atoms with Crippen molar-refractivity contribution in [3.8, 4) is 6.07 Å². The van der Waals surface area contributed by atoms with Crippen LogP contribution in [0.4, 0.5) is 10.5 Å². The Balaban J connectivity index is 1.54. The Morgan fingerprint density at radius 1 is 1.22 bits per heavy atom.